The molecule has 5 nitrogen and oxygen atoms in total. The summed E-state index contributed by atoms with van der Waals surface area (Å²) in [5, 5.41) is 0. The number of esters is 1. The third-order valence-corrected chi connectivity index (χ3v) is 7.30. The van der Waals surface area contributed by atoms with Crippen LogP contribution in [0, 0.1) is 0 Å². The molecule has 1 atom stereocenters. The van der Waals surface area contributed by atoms with Gasteiger partial charge in [0.25, 0.3) is 5.91 Å². The van der Waals surface area contributed by atoms with Gasteiger partial charge in [0.1, 0.15) is 5.75 Å². The van der Waals surface area contributed by atoms with Crippen LogP contribution in [0.4, 0.5) is 0 Å². The summed E-state index contributed by atoms with van der Waals surface area (Å²) < 4.78 is 10.8. The average Bonchev–Trinajstić information content (AvgIpc) is 2.88. The summed E-state index contributed by atoms with van der Waals surface area (Å²) in [6, 6.07) is 16.2. The van der Waals surface area contributed by atoms with Crippen molar-refractivity contribution in [3.63, 3.8) is 0 Å². The second-order valence-corrected chi connectivity index (χ2v) is 10.2. The monoisotopic (exact) mass is 463 g/mol. The van der Waals surface area contributed by atoms with Gasteiger partial charge in [-0.2, -0.15) is 0 Å². The van der Waals surface area contributed by atoms with E-state index < -0.39 is 11.6 Å². The fraction of sp³-hybridized carbons (Fsp3) is 0.517. The van der Waals surface area contributed by atoms with Gasteiger partial charge in [0.15, 0.2) is 5.60 Å². The first-order chi connectivity index (χ1) is 16.4. The van der Waals surface area contributed by atoms with E-state index in [1.165, 1.54) is 44.8 Å². The second kappa shape index (κ2) is 10.6. The van der Waals surface area contributed by atoms with Crippen molar-refractivity contribution in [2.75, 3.05) is 20.2 Å². The number of hydrogen-bond acceptors (Lipinski definition) is 4. The Bertz CT molecular complexity index is 1010. The van der Waals surface area contributed by atoms with Crippen LogP contribution in [0.5, 0.6) is 5.75 Å². The molecule has 182 valence electrons. The zero-order valence-electron chi connectivity index (χ0n) is 20.7. The molecule has 1 saturated heterocycles. The van der Waals surface area contributed by atoms with E-state index >= 15 is 0 Å². The number of likely N-dealkylation sites (tertiary alicyclic amines) is 1. The molecule has 0 radical (unpaired) electrons. The summed E-state index contributed by atoms with van der Waals surface area (Å²) >= 11 is 0. The van der Waals surface area contributed by atoms with Crippen LogP contribution in [-0.4, -0.2) is 42.6 Å². The number of hydrogen-bond donors (Lipinski definition) is 0. The Labute approximate surface area is 203 Å². The number of nitrogens with zero attached hydrogens (tertiary/aromatic N) is 1. The maximum atomic E-state index is 13.4. The Morgan fingerprint density at radius 1 is 0.882 bits per heavy atom. The summed E-state index contributed by atoms with van der Waals surface area (Å²) in [5.41, 5.74) is 2.19. The molecule has 1 aliphatic heterocycles. The highest BCUT2D eigenvalue weighted by molar-refractivity contribution is 5.94. The molecule has 1 saturated carbocycles. The first-order valence-electron chi connectivity index (χ1n) is 12.6. The molecule has 2 aliphatic rings. The molecule has 1 unspecified atom stereocenters. The molecule has 0 spiro atoms. The van der Waals surface area contributed by atoms with Gasteiger partial charge in [0.2, 0.25) is 0 Å². The third kappa shape index (κ3) is 5.63. The van der Waals surface area contributed by atoms with Crippen molar-refractivity contribution in [2.24, 2.45) is 0 Å². The number of benzene rings is 2. The van der Waals surface area contributed by atoms with E-state index in [0.29, 0.717) is 18.2 Å². The first kappa shape index (κ1) is 24.3. The van der Waals surface area contributed by atoms with Gasteiger partial charge in [-0.05, 0) is 80.8 Å². The summed E-state index contributed by atoms with van der Waals surface area (Å²) in [5.74, 6) is 1.18. The Kier molecular flexibility index (Phi) is 7.60. The van der Waals surface area contributed by atoms with Crippen LogP contribution in [0.15, 0.2) is 48.5 Å². The van der Waals surface area contributed by atoms with E-state index in [1.807, 2.05) is 35.2 Å². The molecule has 1 amide bonds. The standard InChI is InChI=1S/C29H37NO4/c1-29(2,28(32)33-3)34-26-16-8-13-23(19-26)25-15-9-17-30(20-25)27(31)24-14-7-12-22(18-24)21-10-5-4-6-11-21/h7-8,12-14,16,18-19,21,25H,4-6,9-11,15,17,20H2,1-3H3. The van der Waals surface area contributed by atoms with Crippen LogP contribution in [0.3, 0.4) is 0 Å². The van der Waals surface area contributed by atoms with Crippen molar-refractivity contribution in [3.8, 4) is 5.75 Å². The van der Waals surface area contributed by atoms with Crippen LogP contribution in [0.1, 0.15) is 92.1 Å². The van der Waals surface area contributed by atoms with E-state index in [1.54, 1.807) is 13.8 Å². The van der Waals surface area contributed by atoms with Crippen molar-refractivity contribution < 1.29 is 19.1 Å². The zero-order valence-corrected chi connectivity index (χ0v) is 20.7. The maximum absolute atomic E-state index is 13.4. The number of ether oxygens (including phenoxy) is 2. The molecular formula is C29H37NO4. The molecule has 34 heavy (non-hydrogen) atoms. The molecule has 1 aliphatic carbocycles. The predicted octanol–water partition coefficient (Wildman–Crippen LogP) is 6.08. The molecule has 5 heteroatoms. The quantitative estimate of drug-likeness (QED) is 0.487. The largest absolute Gasteiger partial charge is 0.476 e. The molecule has 4 rings (SSSR count). The smallest absolute Gasteiger partial charge is 0.349 e. The third-order valence-electron chi connectivity index (χ3n) is 7.30. The van der Waals surface area contributed by atoms with Gasteiger partial charge < -0.3 is 14.4 Å². The Morgan fingerprint density at radius 2 is 1.56 bits per heavy atom. The minimum atomic E-state index is -1.06. The fourth-order valence-electron chi connectivity index (χ4n) is 5.39. The zero-order chi connectivity index (χ0) is 24.1. The first-order valence-corrected chi connectivity index (χ1v) is 12.6. The highest BCUT2D eigenvalue weighted by Crippen LogP contribution is 2.34. The lowest BCUT2D eigenvalue weighted by Gasteiger charge is -2.33. The molecule has 2 aromatic carbocycles. The highest BCUT2D eigenvalue weighted by Gasteiger charge is 2.32. The molecule has 2 fully saturated rings. The van der Waals surface area contributed by atoms with Crippen LogP contribution >= 0.6 is 0 Å². The van der Waals surface area contributed by atoms with E-state index in [-0.39, 0.29) is 11.8 Å². The minimum Gasteiger partial charge on any atom is -0.476 e. The Morgan fingerprint density at radius 3 is 2.29 bits per heavy atom. The summed E-state index contributed by atoms with van der Waals surface area (Å²) in [7, 11) is 1.36. The van der Waals surface area contributed by atoms with Crippen molar-refractivity contribution in [3.05, 3.63) is 65.2 Å². The van der Waals surface area contributed by atoms with Crippen molar-refractivity contribution >= 4 is 11.9 Å². The average molecular weight is 464 g/mol. The number of rotatable bonds is 6. The summed E-state index contributed by atoms with van der Waals surface area (Å²) in [6.45, 7) is 4.88. The minimum absolute atomic E-state index is 0.126. The van der Waals surface area contributed by atoms with E-state index in [9.17, 15) is 9.59 Å². The van der Waals surface area contributed by atoms with E-state index in [2.05, 4.69) is 18.2 Å². The van der Waals surface area contributed by atoms with Crippen molar-refractivity contribution in [1.29, 1.82) is 0 Å². The van der Waals surface area contributed by atoms with Crippen LogP contribution in [0.25, 0.3) is 0 Å². The maximum Gasteiger partial charge on any atom is 0.349 e. The van der Waals surface area contributed by atoms with Crippen molar-refractivity contribution in [2.45, 2.75) is 76.2 Å². The van der Waals surface area contributed by atoms with E-state index in [4.69, 9.17) is 9.47 Å². The van der Waals surface area contributed by atoms with Gasteiger partial charge in [-0.3, -0.25) is 4.79 Å². The number of amides is 1. The van der Waals surface area contributed by atoms with Gasteiger partial charge in [-0.15, -0.1) is 0 Å². The summed E-state index contributed by atoms with van der Waals surface area (Å²) in [6.07, 6.45) is 8.36. The molecule has 1 heterocycles. The molecule has 2 aromatic rings. The van der Waals surface area contributed by atoms with Crippen LogP contribution in [0.2, 0.25) is 0 Å². The van der Waals surface area contributed by atoms with Gasteiger partial charge >= 0.3 is 5.97 Å². The summed E-state index contributed by atoms with van der Waals surface area (Å²) in [4.78, 5) is 27.4. The van der Waals surface area contributed by atoms with Crippen LogP contribution < -0.4 is 4.74 Å². The predicted molar refractivity (Wildman–Crippen MR) is 133 cm³/mol. The van der Waals surface area contributed by atoms with E-state index in [0.717, 1.165) is 30.5 Å². The molecule has 0 bridgehead atoms. The second-order valence-electron chi connectivity index (χ2n) is 10.2. The van der Waals surface area contributed by atoms with Gasteiger partial charge in [0, 0.05) is 24.6 Å². The SMILES string of the molecule is COC(=O)C(C)(C)Oc1cccc(C2CCCN(C(=O)c3cccc(C4CCCCC4)c3)C2)c1. The topological polar surface area (TPSA) is 55.8 Å². The van der Waals surface area contributed by atoms with Gasteiger partial charge in [0.05, 0.1) is 7.11 Å². The highest BCUT2D eigenvalue weighted by atomic mass is 16.6. The molecule has 0 N–H and O–H groups in total. The normalized spacial score (nSPS) is 19.5. The lowest BCUT2D eigenvalue weighted by molar-refractivity contribution is -0.156. The number of piperidine rings is 1. The molecular weight excluding hydrogens is 426 g/mol. The fourth-order valence-corrected chi connectivity index (χ4v) is 5.39. The number of methoxy groups -OCH3 is 1. The molecule has 0 aromatic heterocycles. The Balaban J connectivity index is 1.45. The Hall–Kier alpha value is -2.82. The number of carbonyl (C=O) groups is 2. The lowest BCUT2D eigenvalue weighted by Crippen LogP contribution is -2.39. The number of carbonyl (C=O) groups excluding carboxylic acids is 2. The lowest BCUT2D eigenvalue weighted by atomic mass is 9.83. The van der Waals surface area contributed by atoms with Gasteiger partial charge in [-0.25, -0.2) is 4.79 Å². The van der Waals surface area contributed by atoms with Gasteiger partial charge in [-0.1, -0.05) is 43.5 Å². The van der Waals surface area contributed by atoms with Crippen LogP contribution in [-0.2, 0) is 9.53 Å². The van der Waals surface area contributed by atoms with Crippen molar-refractivity contribution in [1.82, 2.24) is 4.90 Å².